The molecule has 6 heteroatoms. The van der Waals surface area contributed by atoms with E-state index in [-0.39, 0.29) is 12.9 Å². The SMILES string of the molecule is Cc1cccc2c(C(=O)OC3COCOC3)cnnc12. The van der Waals surface area contributed by atoms with Crippen LogP contribution in [-0.2, 0) is 14.2 Å². The zero-order valence-electron chi connectivity index (χ0n) is 11.0. The van der Waals surface area contributed by atoms with Gasteiger partial charge in [-0.2, -0.15) is 10.2 Å². The maximum Gasteiger partial charge on any atom is 0.340 e. The normalized spacial score (nSPS) is 16.2. The van der Waals surface area contributed by atoms with Gasteiger partial charge in [0.05, 0.1) is 30.5 Å². The standard InChI is InChI=1S/C14H14N2O4/c1-9-3-2-4-11-12(5-15-16-13(9)11)14(17)20-10-6-18-8-19-7-10/h2-5,10H,6-8H2,1H3. The van der Waals surface area contributed by atoms with Gasteiger partial charge in [-0.15, -0.1) is 0 Å². The molecule has 6 nitrogen and oxygen atoms in total. The van der Waals surface area contributed by atoms with Gasteiger partial charge in [-0.05, 0) is 12.5 Å². The third kappa shape index (κ3) is 2.48. The van der Waals surface area contributed by atoms with Crippen LogP contribution >= 0.6 is 0 Å². The molecule has 2 heterocycles. The minimum absolute atomic E-state index is 0.243. The molecule has 0 radical (unpaired) electrons. The summed E-state index contributed by atoms with van der Waals surface area (Å²) in [7, 11) is 0. The third-order valence-electron chi connectivity index (χ3n) is 3.14. The van der Waals surface area contributed by atoms with E-state index in [1.54, 1.807) is 0 Å². The molecule has 0 amide bonds. The Hall–Kier alpha value is -2.05. The van der Waals surface area contributed by atoms with Gasteiger partial charge in [0.2, 0.25) is 0 Å². The highest BCUT2D eigenvalue weighted by atomic mass is 16.7. The van der Waals surface area contributed by atoms with E-state index in [0.29, 0.717) is 24.3 Å². The fraction of sp³-hybridized carbons (Fsp3) is 0.357. The first-order valence-electron chi connectivity index (χ1n) is 6.33. The average molecular weight is 274 g/mol. The van der Waals surface area contributed by atoms with E-state index < -0.39 is 5.97 Å². The number of nitrogens with zero attached hydrogens (tertiary/aromatic N) is 2. The van der Waals surface area contributed by atoms with Crippen LogP contribution in [0, 0.1) is 6.92 Å². The summed E-state index contributed by atoms with van der Waals surface area (Å²) < 4.78 is 15.6. The summed E-state index contributed by atoms with van der Waals surface area (Å²) >= 11 is 0. The number of benzene rings is 1. The van der Waals surface area contributed by atoms with Crippen LogP contribution in [0.5, 0.6) is 0 Å². The summed E-state index contributed by atoms with van der Waals surface area (Å²) in [6, 6.07) is 5.64. The van der Waals surface area contributed by atoms with Crippen LogP contribution in [-0.4, -0.2) is 42.3 Å². The van der Waals surface area contributed by atoms with Crippen LogP contribution in [0.4, 0.5) is 0 Å². The molecule has 1 aliphatic rings. The molecule has 1 aromatic heterocycles. The van der Waals surface area contributed by atoms with Crippen molar-refractivity contribution >= 4 is 16.9 Å². The second kappa shape index (κ2) is 5.52. The quantitative estimate of drug-likeness (QED) is 0.772. The van der Waals surface area contributed by atoms with Crippen LogP contribution in [0.2, 0.25) is 0 Å². The van der Waals surface area contributed by atoms with Gasteiger partial charge in [0.15, 0.2) is 0 Å². The molecule has 20 heavy (non-hydrogen) atoms. The van der Waals surface area contributed by atoms with Gasteiger partial charge < -0.3 is 14.2 Å². The molecule has 0 saturated carbocycles. The summed E-state index contributed by atoms with van der Waals surface area (Å²) in [6.45, 7) is 2.87. The highest BCUT2D eigenvalue weighted by molar-refractivity contribution is 6.03. The number of ether oxygens (including phenoxy) is 3. The smallest absolute Gasteiger partial charge is 0.340 e. The summed E-state index contributed by atoms with van der Waals surface area (Å²) in [6.07, 6.45) is 1.04. The average Bonchev–Trinajstić information content (AvgIpc) is 2.48. The molecule has 0 N–H and O–H groups in total. The molecule has 1 aliphatic heterocycles. The van der Waals surface area contributed by atoms with Gasteiger partial charge in [0.25, 0.3) is 0 Å². The van der Waals surface area contributed by atoms with Crippen LogP contribution in [0.1, 0.15) is 15.9 Å². The van der Waals surface area contributed by atoms with Crippen LogP contribution in [0.25, 0.3) is 10.9 Å². The maximum atomic E-state index is 12.2. The van der Waals surface area contributed by atoms with Gasteiger partial charge in [0.1, 0.15) is 12.9 Å². The number of carbonyl (C=O) groups is 1. The predicted octanol–water partition coefficient (Wildman–Crippen LogP) is 1.47. The minimum Gasteiger partial charge on any atom is -0.454 e. The van der Waals surface area contributed by atoms with Crippen LogP contribution in [0.3, 0.4) is 0 Å². The van der Waals surface area contributed by atoms with Crippen molar-refractivity contribution in [2.24, 2.45) is 0 Å². The van der Waals surface area contributed by atoms with Gasteiger partial charge >= 0.3 is 5.97 Å². The van der Waals surface area contributed by atoms with Crippen LogP contribution < -0.4 is 0 Å². The molecule has 0 bridgehead atoms. The van der Waals surface area contributed by atoms with Crippen molar-refractivity contribution in [3.8, 4) is 0 Å². The number of hydrogen-bond donors (Lipinski definition) is 0. The Morgan fingerprint density at radius 1 is 1.35 bits per heavy atom. The molecular weight excluding hydrogens is 260 g/mol. The molecule has 1 saturated heterocycles. The van der Waals surface area contributed by atoms with E-state index in [2.05, 4.69) is 10.2 Å². The molecule has 104 valence electrons. The summed E-state index contributed by atoms with van der Waals surface area (Å²) in [5.41, 5.74) is 2.08. The van der Waals surface area contributed by atoms with E-state index in [1.165, 1.54) is 6.20 Å². The molecule has 0 atom stereocenters. The van der Waals surface area contributed by atoms with Crippen molar-refractivity contribution in [2.45, 2.75) is 13.0 Å². The highest BCUT2D eigenvalue weighted by Crippen LogP contribution is 2.20. The maximum absolute atomic E-state index is 12.2. The first-order valence-corrected chi connectivity index (χ1v) is 6.33. The zero-order chi connectivity index (χ0) is 13.9. The van der Waals surface area contributed by atoms with Crippen molar-refractivity contribution in [3.63, 3.8) is 0 Å². The Kier molecular flexibility index (Phi) is 3.58. The number of hydrogen-bond acceptors (Lipinski definition) is 6. The number of fused-ring (bicyclic) bond motifs is 1. The third-order valence-corrected chi connectivity index (χ3v) is 3.14. The Morgan fingerprint density at radius 2 is 2.15 bits per heavy atom. The number of esters is 1. The number of aromatic nitrogens is 2. The van der Waals surface area contributed by atoms with Crippen molar-refractivity contribution in [1.29, 1.82) is 0 Å². The van der Waals surface area contributed by atoms with Crippen molar-refractivity contribution in [3.05, 3.63) is 35.5 Å². The first-order chi connectivity index (χ1) is 9.75. The lowest BCUT2D eigenvalue weighted by atomic mass is 10.1. The molecule has 1 aromatic carbocycles. The molecule has 0 unspecified atom stereocenters. The first kappa shape index (κ1) is 13.0. The Balaban J connectivity index is 1.89. The summed E-state index contributed by atoms with van der Waals surface area (Å²) in [5.74, 6) is -0.436. The van der Waals surface area contributed by atoms with Gasteiger partial charge in [-0.1, -0.05) is 18.2 Å². The summed E-state index contributed by atoms with van der Waals surface area (Å²) in [5, 5.41) is 8.68. The molecule has 0 spiro atoms. The van der Waals surface area contributed by atoms with Gasteiger partial charge in [-0.25, -0.2) is 4.79 Å². The topological polar surface area (TPSA) is 70.5 Å². The molecule has 3 rings (SSSR count). The monoisotopic (exact) mass is 274 g/mol. The Morgan fingerprint density at radius 3 is 2.95 bits per heavy atom. The second-order valence-electron chi connectivity index (χ2n) is 4.62. The van der Waals surface area contributed by atoms with E-state index in [1.807, 2.05) is 25.1 Å². The van der Waals surface area contributed by atoms with E-state index in [4.69, 9.17) is 14.2 Å². The fourth-order valence-corrected chi connectivity index (χ4v) is 2.13. The van der Waals surface area contributed by atoms with E-state index in [0.717, 1.165) is 10.9 Å². The number of aryl methyl sites for hydroxylation is 1. The van der Waals surface area contributed by atoms with Gasteiger partial charge in [0, 0.05) is 5.39 Å². The molecule has 0 aliphatic carbocycles. The lowest BCUT2D eigenvalue weighted by Crippen LogP contribution is -2.33. The number of carbonyl (C=O) groups excluding carboxylic acids is 1. The highest BCUT2D eigenvalue weighted by Gasteiger charge is 2.21. The van der Waals surface area contributed by atoms with E-state index >= 15 is 0 Å². The van der Waals surface area contributed by atoms with Crippen molar-refractivity contribution in [1.82, 2.24) is 10.2 Å². The lowest BCUT2D eigenvalue weighted by molar-refractivity contribution is -0.153. The van der Waals surface area contributed by atoms with Gasteiger partial charge in [-0.3, -0.25) is 0 Å². The molecular formula is C14H14N2O4. The zero-order valence-corrected chi connectivity index (χ0v) is 11.0. The van der Waals surface area contributed by atoms with Crippen LogP contribution in [0.15, 0.2) is 24.4 Å². The number of rotatable bonds is 2. The summed E-state index contributed by atoms with van der Waals surface area (Å²) in [4.78, 5) is 12.2. The van der Waals surface area contributed by atoms with Crippen molar-refractivity contribution in [2.75, 3.05) is 20.0 Å². The minimum atomic E-state index is -0.436. The Bertz CT molecular complexity index is 638. The molecule has 1 fully saturated rings. The largest absolute Gasteiger partial charge is 0.454 e. The Labute approximate surface area is 115 Å². The lowest BCUT2D eigenvalue weighted by Gasteiger charge is -2.22. The fourth-order valence-electron chi connectivity index (χ4n) is 2.13. The van der Waals surface area contributed by atoms with E-state index in [9.17, 15) is 4.79 Å². The molecule has 2 aromatic rings. The van der Waals surface area contributed by atoms with Crippen molar-refractivity contribution < 1.29 is 19.0 Å². The predicted molar refractivity (Wildman–Crippen MR) is 70.2 cm³/mol. The second-order valence-corrected chi connectivity index (χ2v) is 4.62.